The quantitative estimate of drug-likeness (QED) is 0.146. The summed E-state index contributed by atoms with van der Waals surface area (Å²) in [7, 11) is 0. The number of nitrogens with zero attached hydrogens (tertiary/aromatic N) is 3. The van der Waals surface area contributed by atoms with E-state index >= 15 is 0 Å². The topological polar surface area (TPSA) is 134 Å². The van der Waals surface area contributed by atoms with Crippen molar-refractivity contribution in [1.82, 2.24) is 14.5 Å². The highest BCUT2D eigenvalue weighted by Crippen LogP contribution is 2.30. The zero-order valence-corrected chi connectivity index (χ0v) is 26.1. The maximum Gasteiger partial charge on any atom is 0.351 e. The molecule has 0 spiro atoms. The van der Waals surface area contributed by atoms with Crippen molar-refractivity contribution < 1.29 is 33.6 Å². The average molecular weight is 627 g/mol. The smallest absolute Gasteiger partial charge is 0.351 e. The molecule has 0 aromatic carbocycles. The van der Waals surface area contributed by atoms with Crippen molar-refractivity contribution in [3.05, 3.63) is 34.9 Å². The molecule has 3 rings (SSSR count). The Morgan fingerprint density at radius 3 is 2.32 bits per heavy atom. The van der Waals surface area contributed by atoms with Crippen LogP contribution in [-0.2, 0) is 14.3 Å². The van der Waals surface area contributed by atoms with Crippen molar-refractivity contribution in [1.29, 1.82) is 0 Å². The van der Waals surface area contributed by atoms with Gasteiger partial charge in [0.2, 0.25) is 11.8 Å². The molecule has 0 aliphatic carbocycles. The number of carbonyl (C=O) groups excluding carboxylic acids is 2. The molecule has 0 saturated carbocycles. The van der Waals surface area contributed by atoms with E-state index in [1.807, 2.05) is 0 Å². The van der Waals surface area contributed by atoms with E-state index < -0.39 is 48.9 Å². The Balaban J connectivity index is 0.00000675. The predicted octanol–water partition coefficient (Wildman–Crippen LogP) is 4.95. The third-order valence-corrected chi connectivity index (χ3v) is 8.36. The van der Waals surface area contributed by atoms with Crippen molar-refractivity contribution in [3.8, 4) is 0 Å². The minimum atomic E-state index is -1.92. The number of hydrogen-bond donors (Lipinski definition) is 3. The number of alkyl halides is 1. The fourth-order valence-corrected chi connectivity index (χ4v) is 5.79. The number of aliphatic hydroxyl groups excluding tert-OH is 2. The Morgan fingerprint density at radius 2 is 1.70 bits per heavy atom. The monoisotopic (exact) mass is 626 g/mol. The van der Waals surface area contributed by atoms with Crippen LogP contribution in [0, 0.1) is 0 Å². The number of ether oxygens (including phenoxy) is 1. The zero-order valence-electron chi connectivity index (χ0n) is 26.1. The molecule has 1 aromatic rings. The molecule has 250 valence electrons. The molecule has 5 unspecified atom stereocenters. The lowest BCUT2D eigenvalue weighted by atomic mass is 10.1. The number of aliphatic hydroxyl groups is 2. The van der Waals surface area contributed by atoms with Gasteiger partial charge in [0, 0.05) is 19.2 Å². The molecule has 2 aliphatic heterocycles. The SMILES string of the molecule is CCCCCCCC/C=C/CCCCCCCC(=O)N1CCCC1C(=O)Nc1ccn(C2OC(CO)C(O)C2F)c(=O)n1.F. The Kier molecular flexibility index (Phi) is 17.3. The summed E-state index contributed by atoms with van der Waals surface area (Å²) in [5.74, 6) is -0.477. The van der Waals surface area contributed by atoms with Crippen LogP contribution in [0.25, 0.3) is 0 Å². The second-order valence-corrected chi connectivity index (χ2v) is 11.8. The zero-order chi connectivity index (χ0) is 31.0. The minimum absolute atomic E-state index is 0. The van der Waals surface area contributed by atoms with Crippen molar-refractivity contribution in [2.24, 2.45) is 0 Å². The van der Waals surface area contributed by atoms with Gasteiger partial charge in [-0.2, -0.15) is 4.98 Å². The molecule has 2 amide bonds. The molecule has 0 bridgehead atoms. The summed E-state index contributed by atoms with van der Waals surface area (Å²) in [5.41, 5.74) is -0.875. The van der Waals surface area contributed by atoms with Gasteiger partial charge in [-0.25, -0.2) is 9.18 Å². The first-order valence-electron chi connectivity index (χ1n) is 16.3. The van der Waals surface area contributed by atoms with Gasteiger partial charge in [0.1, 0.15) is 24.1 Å². The summed E-state index contributed by atoms with van der Waals surface area (Å²) in [5, 5.41) is 21.6. The number of likely N-dealkylation sites (tertiary alicyclic amines) is 1. The Morgan fingerprint density at radius 1 is 1.07 bits per heavy atom. The first kappa shape index (κ1) is 37.5. The third-order valence-electron chi connectivity index (χ3n) is 8.36. The van der Waals surface area contributed by atoms with E-state index in [9.17, 15) is 29.0 Å². The van der Waals surface area contributed by atoms with Gasteiger partial charge >= 0.3 is 5.69 Å². The molecule has 2 aliphatic rings. The van der Waals surface area contributed by atoms with Crippen molar-refractivity contribution in [2.75, 3.05) is 18.5 Å². The first-order chi connectivity index (χ1) is 20.9. The van der Waals surface area contributed by atoms with Gasteiger partial charge in [0.15, 0.2) is 12.4 Å². The summed E-state index contributed by atoms with van der Waals surface area (Å²) in [4.78, 5) is 43.8. The molecule has 12 heteroatoms. The summed E-state index contributed by atoms with van der Waals surface area (Å²) in [6, 6.07) is 0.703. The number of aromatic nitrogens is 2. The first-order valence-corrected chi connectivity index (χ1v) is 16.3. The molecule has 5 atom stereocenters. The van der Waals surface area contributed by atoms with Gasteiger partial charge in [0.25, 0.3) is 0 Å². The molecule has 44 heavy (non-hydrogen) atoms. The van der Waals surface area contributed by atoms with E-state index in [1.54, 1.807) is 4.90 Å². The maximum atomic E-state index is 14.4. The molecule has 1 aromatic heterocycles. The number of anilines is 1. The molecule has 3 N–H and O–H groups in total. The minimum Gasteiger partial charge on any atom is -0.394 e. The van der Waals surface area contributed by atoms with E-state index in [2.05, 4.69) is 29.4 Å². The number of hydrogen-bond acceptors (Lipinski definition) is 7. The highest BCUT2D eigenvalue weighted by molar-refractivity contribution is 5.96. The number of carbonyl (C=O) groups is 2. The summed E-state index contributed by atoms with van der Waals surface area (Å²) in [6.45, 7) is 2.16. The lowest BCUT2D eigenvalue weighted by Crippen LogP contribution is -2.43. The molecule has 2 fully saturated rings. The van der Waals surface area contributed by atoms with Crippen LogP contribution in [-0.4, -0.2) is 74.1 Å². The summed E-state index contributed by atoms with van der Waals surface area (Å²) < 4.78 is 20.5. The van der Waals surface area contributed by atoms with Crippen LogP contribution in [0.1, 0.15) is 116 Å². The average Bonchev–Trinajstić information content (AvgIpc) is 3.60. The van der Waals surface area contributed by atoms with Crippen LogP contribution in [0.2, 0.25) is 0 Å². The van der Waals surface area contributed by atoms with E-state index in [-0.39, 0.29) is 16.4 Å². The van der Waals surface area contributed by atoms with Crippen LogP contribution in [0.5, 0.6) is 0 Å². The van der Waals surface area contributed by atoms with Gasteiger partial charge in [0.05, 0.1) is 6.61 Å². The van der Waals surface area contributed by atoms with Crippen LogP contribution in [0.4, 0.5) is 14.9 Å². The number of allylic oxidation sites excluding steroid dienone is 2. The number of unbranched alkanes of at least 4 members (excludes halogenated alkanes) is 11. The van der Waals surface area contributed by atoms with Crippen LogP contribution >= 0.6 is 0 Å². The van der Waals surface area contributed by atoms with E-state index in [0.717, 1.165) is 43.1 Å². The second-order valence-electron chi connectivity index (χ2n) is 11.8. The molecular weight excluding hydrogens is 574 g/mol. The lowest BCUT2D eigenvalue weighted by molar-refractivity contribution is -0.136. The van der Waals surface area contributed by atoms with E-state index in [0.29, 0.717) is 19.4 Å². The van der Waals surface area contributed by atoms with Crippen molar-refractivity contribution >= 4 is 17.6 Å². The molecule has 3 heterocycles. The number of nitrogens with one attached hydrogen (secondary N) is 1. The van der Waals surface area contributed by atoms with Crippen LogP contribution in [0.3, 0.4) is 0 Å². The van der Waals surface area contributed by atoms with Crippen LogP contribution in [0.15, 0.2) is 29.2 Å². The van der Waals surface area contributed by atoms with Crippen LogP contribution < -0.4 is 11.0 Å². The Hall–Kier alpha value is -2.70. The standard InChI is InChI=1S/C32H51FN4O6.FH/c1-2-3-4-5-6-7-8-9-10-11-12-13-14-15-16-19-27(39)36-21-17-18-24(36)30(41)34-26-20-22-37(32(42)35-26)31-28(33)29(40)25(23-38)43-31;/h9-10,20,22,24-25,28-29,31,38,40H,2-8,11-19,21,23H2,1H3,(H,34,35,41,42);1H/b10-9+;. The second kappa shape index (κ2) is 20.4. The van der Waals surface area contributed by atoms with Gasteiger partial charge < -0.3 is 25.2 Å². The fraction of sp³-hybridized carbons (Fsp3) is 0.750. The van der Waals surface area contributed by atoms with Gasteiger partial charge in [-0.1, -0.05) is 70.4 Å². The maximum absolute atomic E-state index is 14.4. The lowest BCUT2D eigenvalue weighted by Gasteiger charge is -2.24. The third kappa shape index (κ3) is 11.3. The molecule has 10 nitrogen and oxygen atoms in total. The fourth-order valence-electron chi connectivity index (χ4n) is 5.79. The van der Waals surface area contributed by atoms with Gasteiger partial charge in [-0.05, 0) is 51.0 Å². The number of rotatable bonds is 19. The molecule has 0 radical (unpaired) electrons. The number of halogens is 2. The summed E-state index contributed by atoms with van der Waals surface area (Å²) in [6.07, 6.45) is 16.9. The molecule has 2 saturated heterocycles. The normalized spacial score (nSPS) is 23.3. The van der Waals surface area contributed by atoms with E-state index in [4.69, 9.17) is 4.74 Å². The summed E-state index contributed by atoms with van der Waals surface area (Å²) >= 11 is 0. The van der Waals surface area contributed by atoms with Crippen molar-refractivity contribution in [2.45, 2.75) is 140 Å². The van der Waals surface area contributed by atoms with Gasteiger partial charge in [-0.15, -0.1) is 0 Å². The van der Waals surface area contributed by atoms with E-state index in [1.165, 1.54) is 63.6 Å². The predicted molar refractivity (Wildman–Crippen MR) is 166 cm³/mol. The largest absolute Gasteiger partial charge is 0.394 e. The number of amides is 2. The Labute approximate surface area is 259 Å². The Bertz CT molecular complexity index is 1090. The van der Waals surface area contributed by atoms with Gasteiger partial charge in [-0.3, -0.25) is 18.9 Å². The molecular formula is C32H52F2N4O6. The van der Waals surface area contributed by atoms with Crippen molar-refractivity contribution in [3.63, 3.8) is 0 Å². The highest BCUT2D eigenvalue weighted by Gasteiger charge is 2.45. The highest BCUT2D eigenvalue weighted by atomic mass is 19.1.